The van der Waals surface area contributed by atoms with Gasteiger partial charge in [-0.15, -0.1) is 0 Å². The molecule has 5 rings (SSSR count). The number of H-pyrrole nitrogens is 2. The summed E-state index contributed by atoms with van der Waals surface area (Å²) in [7, 11) is 0. The molecule has 164 valence electrons. The van der Waals surface area contributed by atoms with Crippen LogP contribution in [-0.4, -0.2) is 26.4 Å². The van der Waals surface area contributed by atoms with E-state index in [1.807, 2.05) is 18.3 Å². The number of nitrogens with one attached hydrogen (secondary N) is 2. The van der Waals surface area contributed by atoms with E-state index in [1.54, 1.807) is 0 Å². The highest BCUT2D eigenvalue weighted by Gasteiger charge is 2.30. The fourth-order valence-corrected chi connectivity index (χ4v) is 4.47. The van der Waals surface area contributed by atoms with Gasteiger partial charge >= 0.3 is 6.18 Å². The zero-order valence-electron chi connectivity index (χ0n) is 16.8. The Morgan fingerprint density at radius 2 is 1.91 bits per heavy atom. The zero-order chi connectivity index (χ0) is 22.5. The highest BCUT2D eigenvalue weighted by Crippen LogP contribution is 2.31. The second-order valence-electron chi connectivity index (χ2n) is 7.88. The molecule has 0 bridgehead atoms. The number of fused-ring (bicyclic) bond motifs is 2. The summed E-state index contributed by atoms with van der Waals surface area (Å²) in [5, 5.41) is 1.13. The monoisotopic (exact) mass is 502 g/mol. The topological polar surface area (TPSA) is 64.8 Å². The molecule has 0 amide bonds. The number of aromatic amines is 2. The highest BCUT2D eigenvalue weighted by atomic mass is 79.9. The van der Waals surface area contributed by atoms with Crippen LogP contribution >= 0.6 is 15.9 Å². The fraction of sp³-hybridized carbons (Fsp3) is 0.217. The quantitative estimate of drug-likeness (QED) is 0.401. The van der Waals surface area contributed by atoms with Crippen molar-refractivity contribution in [1.82, 2.24) is 19.9 Å². The Balaban J connectivity index is 1.42. The van der Waals surface area contributed by atoms with Crippen molar-refractivity contribution in [3.8, 4) is 11.4 Å². The Bertz CT molecular complexity index is 1360. The Kier molecular flexibility index (Phi) is 5.17. The maximum absolute atomic E-state index is 12.8. The molecule has 32 heavy (non-hydrogen) atoms. The lowest BCUT2D eigenvalue weighted by molar-refractivity contribution is -0.137. The standard InChI is InChI=1S/C23H18BrF3N4O/c24-16-5-6-19-18(9-16)14(10-28-19)11-31-8-7-17-20(12-31)29-21(30-22(17)32)13-1-3-15(4-2-13)23(25,26)27/h1-6,9-10,28H,7-8,11-12H2,(H,29,30,32). The van der Waals surface area contributed by atoms with Gasteiger partial charge in [-0.25, -0.2) is 4.98 Å². The van der Waals surface area contributed by atoms with Crippen molar-refractivity contribution in [3.63, 3.8) is 0 Å². The van der Waals surface area contributed by atoms with Gasteiger partial charge in [0, 0.05) is 52.3 Å². The highest BCUT2D eigenvalue weighted by molar-refractivity contribution is 9.10. The van der Waals surface area contributed by atoms with Crippen LogP contribution in [0.15, 0.2) is 57.9 Å². The molecule has 0 aliphatic carbocycles. The van der Waals surface area contributed by atoms with Crippen LogP contribution < -0.4 is 5.56 Å². The first-order chi connectivity index (χ1) is 15.3. The largest absolute Gasteiger partial charge is 0.416 e. The SMILES string of the molecule is O=c1[nH]c(-c2ccc(C(F)(F)F)cc2)nc2c1CCN(Cc1c[nH]c3ccc(Br)cc13)C2. The first kappa shape index (κ1) is 21.0. The van der Waals surface area contributed by atoms with E-state index in [1.165, 1.54) is 12.1 Å². The molecular weight excluding hydrogens is 485 g/mol. The maximum atomic E-state index is 12.8. The second kappa shape index (κ2) is 7.90. The van der Waals surface area contributed by atoms with E-state index in [0.717, 1.165) is 39.6 Å². The number of hydrogen-bond donors (Lipinski definition) is 2. The molecule has 2 aromatic carbocycles. The third-order valence-electron chi connectivity index (χ3n) is 5.76. The minimum Gasteiger partial charge on any atom is -0.361 e. The van der Waals surface area contributed by atoms with Crippen molar-refractivity contribution in [2.75, 3.05) is 6.54 Å². The van der Waals surface area contributed by atoms with E-state index in [0.29, 0.717) is 36.3 Å². The summed E-state index contributed by atoms with van der Waals surface area (Å²) in [5.74, 6) is 0.278. The Hall–Kier alpha value is -2.91. The molecule has 2 aromatic heterocycles. The van der Waals surface area contributed by atoms with Gasteiger partial charge in [-0.3, -0.25) is 9.69 Å². The molecule has 0 spiro atoms. The number of alkyl halides is 3. The number of nitrogens with zero attached hydrogens (tertiary/aromatic N) is 2. The summed E-state index contributed by atoms with van der Waals surface area (Å²) < 4.78 is 39.5. The summed E-state index contributed by atoms with van der Waals surface area (Å²) >= 11 is 3.51. The van der Waals surface area contributed by atoms with Crippen LogP contribution in [0.3, 0.4) is 0 Å². The van der Waals surface area contributed by atoms with Crippen molar-refractivity contribution >= 4 is 26.8 Å². The summed E-state index contributed by atoms with van der Waals surface area (Å²) in [5.41, 5.74) is 2.97. The molecule has 4 aromatic rings. The summed E-state index contributed by atoms with van der Waals surface area (Å²) in [6.45, 7) is 1.91. The molecule has 0 unspecified atom stereocenters. The van der Waals surface area contributed by atoms with Gasteiger partial charge in [-0.05, 0) is 42.3 Å². The molecule has 0 saturated heterocycles. The number of benzene rings is 2. The van der Waals surface area contributed by atoms with E-state index < -0.39 is 11.7 Å². The minimum atomic E-state index is -4.41. The average molecular weight is 503 g/mol. The predicted molar refractivity (Wildman–Crippen MR) is 119 cm³/mol. The van der Waals surface area contributed by atoms with E-state index >= 15 is 0 Å². The van der Waals surface area contributed by atoms with Crippen LogP contribution in [0.2, 0.25) is 0 Å². The lowest BCUT2D eigenvalue weighted by atomic mass is 10.0. The third-order valence-corrected chi connectivity index (χ3v) is 6.25. The Morgan fingerprint density at radius 1 is 1.12 bits per heavy atom. The van der Waals surface area contributed by atoms with E-state index in [2.05, 4.69) is 41.8 Å². The maximum Gasteiger partial charge on any atom is 0.416 e. The third kappa shape index (κ3) is 3.98. The van der Waals surface area contributed by atoms with E-state index in [4.69, 9.17) is 0 Å². The van der Waals surface area contributed by atoms with Crippen LogP contribution in [-0.2, 0) is 25.7 Å². The van der Waals surface area contributed by atoms with E-state index in [-0.39, 0.29) is 11.4 Å². The minimum absolute atomic E-state index is 0.236. The molecule has 0 saturated carbocycles. The van der Waals surface area contributed by atoms with Crippen molar-refractivity contribution in [2.45, 2.75) is 25.7 Å². The molecule has 1 aliphatic rings. The number of halogens is 4. The van der Waals surface area contributed by atoms with Gasteiger partial charge in [-0.1, -0.05) is 28.1 Å². The molecule has 0 fully saturated rings. The molecule has 9 heteroatoms. The van der Waals surface area contributed by atoms with Crippen molar-refractivity contribution in [2.24, 2.45) is 0 Å². The zero-order valence-corrected chi connectivity index (χ0v) is 18.3. The predicted octanol–water partition coefficient (Wildman–Crippen LogP) is 5.26. The van der Waals surface area contributed by atoms with Crippen LogP contribution in [0.1, 0.15) is 22.4 Å². The lowest BCUT2D eigenvalue weighted by Crippen LogP contribution is -2.35. The molecule has 5 nitrogen and oxygen atoms in total. The summed E-state index contributed by atoms with van der Waals surface area (Å²) in [6.07, 6.45) is -1.85. The normalized spacial score (nSPS) is 14.6. The van der Waals surface area contributed by atoms with Gasteiger partial charge in [0.1, 0.15) is 5.82 Å². The Labute approximate surface area is 189 Å². The van der Waals surface area contributed by atoms with Crippen LogP contribution in [0.4, 0.5) is 13.2 Å². The summed E-state index contributed by atoms with van der Waals surface area (Å²) in [6, 6.07) is 10.7. The van der Waals surface area contributed by atoms with Crippen LogP contribution in [0.5, 0.6) is 0 Å². The van der Waals surface area contributed by atoms with Crippen LogP contribution in [0.25, 0.3) is 22.3 Å². The molecule has 0 atom stereocenters. The molecule has 3 heterocycles. The van der Waals surface area contributed by atoms with Gasteiger partial charge in [0.25, 0.3) is 5.56 Å². The van der Waals surface area contributed by atoms with Gasteiger partial charge < -0.3 is 9.97 Å². The van der Waals surface area contributed by atoms with Gasteiger partial charge in [0.05, 0.1) is 11.3 Å². The first-order valence-corrected chi connectivity index (χ1v) is 10.8. The smallest absolute Gasteiger partial charge is 0.361 e. The van der Waals surface area contributed by atoms with E-state index in [9.17, 15) is 18.0 Å². The lowest BCUT2D eigenvalue weighted by Gasteiger charge is -2.27. The molecule has 2 N–H and O–H groups in total. The number of aromatic nitrogens is 3. The summed E-state index contributed by atoms with van der Waals surface area (Å²) in [4.78, 5) is 25.4. The van der Waals surface area contributed by atoms with Crippen molar-refractivity contribution < 1.29 is 13.2 Å². The first-order valence-electron chi connectivity index (χ1n) is 10.1. The van der Waals surface area contributed by atoms with Gasteiger partial charge in [0.15, 0.2) is 0 Å². The van der Waals surface area contributed by atoms with Gasteiger partial charge in [-0.2, -0.15) is 13.2 Å². The number of rotatable bonds is 3. The second-order valence-corrected chi connectivity index (χ2v) is 8.80. The Morgan fingerprint density at radius 3 is 2.66 bits per heavy atom. The van der Waals surface area contributed by atoms with Crippen molar-refractivity contribution in [1.29, 1.82) is 0 Å². The fourth-order valence-electron chi connectivity index (χ4n) is 4.10. The molecular formula is C23H18BrF3N4O. The van der Waals surface area contributed by atoms with Crippen molar-refractivity contribution in [3.05, 3.63) is 85.9 Å². The average Bonchev–Trinajstić information content (AvgIpc) is 3.14. The van der Waals surface area contributed by atoms with Gasteiger partial charge in [0.2, 0.25) is 0 Å². The molecule has 0 radical (unpaired) electrons. The molecule has 1 aliphatic heterocycles. The number of hydrogen-bond acceptors (Lipinski definition) is 3. The van der Waals surface area contributed by atoms with Crippen LogP contribution in [0, 0.1) is 0 Å².